The van der Waals surface area contributed by atoms with Crippen molar-refractivity contribution in [2.24, 2.45) is 0 Å². The molecule has 0 bridgehead atoms. The number of hydrogen-bond acceptors (Lipinski definition) is 5. The molecule has 0 saturated heterocycles. The van der Waals surface area contributed by atoms with Crippen LogP contribution in [0.3, 0.4) is 0 Å². The number of rotatable bonds is 6. The lowest BCUT2D eigenvalue weighted by Crippen LogP contribution is -2.01. The fourth-order valence-electron chi connectivity index (χ4n) is 1.55. The van der Waals surface area contributed by atoms with Gasteiger partial charge >= 0.3 is 5.97 Å². The summed E-state index contributed by atoms with van der Waals surface area (Å²) in [4.78, 5) is 15.1. The maximum Gasteiger partial charge on any atom is 0.335 e. The van der Waals surface area contributed by atoms with Crippen LogP contribution in [0.5, 0.6) is 5.75 Å². The van der Waals surface area contributed by atoms with Crippen LogP contribution in [-0.4, -0.2) is 21.2 Å². The molecular weight excluding hydrogens is 328 g/mol. The molecule has 0 aliphatic rings. The van der Waals surface area contributed by atoms with E-state index < -0.39 is 5.97 Å². The van der Waals surface area contributed by atoms with Crippen molar-refractivity contribution >= 4 is 21.9 Å². The van der Waals surface area contributed by atoms with E-state index in [1.165, 1.54) is 12.1 Å². The van der Waals surface area contributed by atoms with E-state index in [1.54, 1.807) is 6.07 Å². The summed E-state index contributed by atoms with van der Waals surface area (Å²) < 4.78 is 11.2. The number of carboxylic acid groups (broad SMARTS) is 1. The second-order valence-electron chi connectivity index (χ2n) is 4.09. The summed E-state index contributed by atoms with van der Waals surface area (Å²) in [5.74, 6) is 0.421. The summed E-state index contributed by atoms with van der Waals surface area (Å²) in [6.07, 6.45) is 1.65. The van der Waals surface area contributed by atoms with Crippen LogP contribution in [-0.2, 0) is 13.0 Å². The van der Waals surface area contributed by atoms with Crippen molar-refractivity contribution in [2.75, 3.05) is 0 Å². The van der Waals surface area contributed by atoms with Crippen molar-refractivity contribution in [3.8, 4) is 5.75 Å². The first-order chi connectivity index (χ1) is 9.60. The summed E-state index contributed by atoms with van der Waals surface area (Å²) in [5.41, 5.74) is 0.156. The van der Waals surface area contributed by atoms with Crippen LogP contribution in [0.4, 0.5) is 0 Å². The molecule has 1 N–H and O–H groups in total. The van der Waals surface area contributed by atoms with E-state index in [9.17, 15) is 4.79 Å². The van der Waals surface area contributed by atoms with E-state index in [4.69, 9.17) is 14.4 Å². The fraction of sp³-hybridized carbons (Fsp3) is 0.308. The molecule has 20 heavy (non-hydrogen) atoms. The van der Waals surface area contributed by atoms with Crippen molar-refractivity contribution in [2.45, 2.75) is 26.4 Å². The number of aryl methyl sites for hydroxylation is 1. The van der Waals surface area contributed by atoms with Crippen LogP contribution in [0.2, 0.25) is 0 Å². The number of ether oxygens (including phenoxy) is 1. The number of hydrogen-bond donors (Lipinski definition) is 1. The monoisotopic (exact) mass is 340 g/mol. The predicted molar refractivity (Wildman–Crippen MR) is 73.7 cm³/mol. The zero-order chi connectivity index (χ0) is 14.5. The molecule has 106 valence electrons. The highest BCUT2D eigenvalue weighted by Gasteiger charge is 2.10. The van der Waals surface area contributed by atoms with Gasteiger partial charge in [0.15, 0.2) is 6.61 Å². The van der Waals surface area contributed by atoms with Gasteiger partial charge in [-0.1, -0.05) is 12.1 Å². The molecule has 2 aromatic rings. The number of carbonyl (C=O) groups is 1. The summed E-state index contributed by atoms with van der Waals surface area (Å²) in [6, 6.07) is 4.56. The van der Waals surface area contributed by atoms with Gasteiger partial charge in [-0.15, -0.1) is 0 Å². The second-order valence-corrected chi connectivity index (χ2v) is 4.95. The molecule has 0 saturated carbocycles. The van der Waals surface area contributed by atoms with E-state index in [0.29, 0.717) is 21.9 Å². The largest absolute Gasteiger partial charge is 0.484 e. The number of aromatic carboxylic acids is 1. The van der Waals surface area contributed by atoms with Gasteiger partial charge in [0.25, 0.3) is 0 Å². The van der Waals surface area contributed by atoms with E-state index >= 15 is 0 Å². The molecule has 0 aliphatic heterocycles. The number of halogens is 1. The molecule has 0 aliphatic carbocycles. The highest BCUT2D eigenvalue weighted by atomic mass is 79.9. The number of benzene rings is 1. The standard InChI is InChI=1S/C13H13BrN2O4/c1-2-3-12-15-11(16-20-12)7-19-10-6-8(13(17)18)4-5-9(10)14/h4-6H,2-3,7H2,1H3,(H,17,18). The van der Waals surface area contributed by atoms with Crippen molar-refractivity contribution in [1.82, 2.24) is 10.1 Å². The van der Waals surface area contributed by atoms with Gasteiger partial charge in [-0.3, -0.25) is 0 Å². The molecule has 7 heteroatoms. The Kier molecular flexibility index (Phi) is 4.73. The Labute approximate surface area is 123 Å². The number of aromatic nitrogens is 2. The summed E-state index contributed by atoms with van der Waals surface area (Å²) in [6.45, 7) is 2.14. The topological polar surface area (TPSA) is 85.5 Å². The van der Waals surface area contributed by atoms with Crippen LogP contribution in [0.15, 0.2) is 27.2 Å². The van der Waals surface area contributed by atoms with E-state index in [2.05, 4.69) is 26.1 Å². The molecule has 1 heterocycles. The maximum atomic E-state index is 10.9. The number of carboxylic acids is 1. The van der Waals surface area contributed by atoms with Crippen molar-refractivity contribution < 1.29 is 19.2 Å². The van der Waals surface area contributed by atoms with Crippen molar-refractivity contribution in [3.05, 3.63) is 40.0 Å². The van der Waals surface area contributed by atoms with Crippen molar-refractivity contribution in [1.29, 1.82) is 0 Å². The Morgan fingerprint density at radius 1 is 1.50 bits per heavy atom. The Balaban J connectivity index is 2.05. The van der Waals surface area contributed by atoms with Gasteiger partial charge in [0.1, 0.15) is 5.75 Å². The summed E-state index contributed by atoms with van der Waals surface area (Å²) in [5, 5.41) is 12.7. The maximum absolute atomic E-state index is 10.9. The molecular formula is C13H13BrN2O4. The Bertz CT molecular complexity index is 612. The Hall–Kier alpha value is -1.89. The molecule has 2 rings (SSSR count). The zero-order valence-electron chi connectivity index (χ0n) is 10.8. The average Bonchev–Trinajstić information content (AvgIpc) is 2.86. The van der Waals surface area contributed by atoms with Crippen LogP contribution in [0, 0.1) is 0 Å². The normalized spacial score (nSPS) is 10.5. The van der Waals surface area contributed by atoms with E-state index in [0.717, 1.165) is 12.8 Å². The quantitative estimate of drug-likeness (QED) is 0.869. The molecule has 0 fully saturated rings. The van der Waals surface area contributed by atoms with Gasteiger partial charge in [0.05, 0.1) is 10.0 Å². The van der Waals surface area contributed by atoms with Gasteiger partial charge in [-0.2, -0.15) is 4.98 Å². The molecule has 0 radical (unpaired) electrons. The minimum atomic E-state index is -1.01. The lowest BCUT2D eigenvalue weighted by molar-refractivity contribution is 0.0696. The first kappa shape index (κ1) is 14.5. The van der Waals surface area contributed by atoms with Gasteiger partial charge < -0.3 is 14.4 Å². The highest BCUT2D eigenvalue weighted by Crippen LogP contribution is 2.26. The fourth-order valence-corrected chi connectivity index (χ4v) is 1.91. The molecule has 6 nitrogen and oxygen atoms in total. The van der Waals surface area contributed by atoms with Gasteiger partial charge in [-0.05, 0) is 40.5 Å². The molecule has 0 atom stereocenters. The van der Waals surface area contributed by atoms with Crippen molar-refractivity contribution in [3.63, 3.8) is 0 Å². The number of nitrogens with zero attached hydrogens (tertiary/aromatic N) is 2. The smallest absolute Gasteiger partial charge is 0.335 e. The second kappa shape index (κ2) is 6.51. The average molecular weight is 341 g/mol. The first-order valence-corrected chi connectivity index (χ1v) is 6.86. The predicted octanol–water partition coefficient (Wildman–Crippen LogP) is 3.06. The SMILES string of the molecule is CCCc1nc(COc2cc(C(=O)O)ccc2Br)no1. The molecule has 0 unspecified atom stereocenters. The molecule has 0 amide bonds. The summed E-state index contributed by atoms with van der Waals surface area (Å²) >= 11 is 3.30. The lowest BCUT2D eigenvalue weighted by Gasteiger charge is -2.06. The van der Waals surface area contributed by atoms with E-state index in [-0.39, 0.29) is 12.2 Å². The van der Waals surface area contributed by atoms with Crippen LogP contribution in [0.1, 0.15) is 35.4 Å². The van der Waals surface area contributed by atoms with Crippen LogP contribution < -0.4 is 4.74 Å². The minimum absolute atomic E-state index is 0.120. The molecule has 1 aromatic carbocycles. The Morgan fingerprint density at radius 3 is 3.00 bits per heavy atom. The third-order valence-electron chi connectivity index (χ3n) is 2.51. The molecule has 1 aromatic heterocycles. The third-order valence-corrected chi connectivity index (χ3v) is 3.16. The van der Waals surface area contributed by atoms with Gasteiger partial charge in [-0.25, -0.2) is 4.79 Å². The van der Waals surface area contributed by atoms with E-state index in [1.807, 2.05) is 6.92 Å². The minimum Gasteiger partial charge on any atom is -0.484 e. The van der Waals surface area contributed by atoms with Gasteiger partial charge in [0, 0.05) is 6.42 Å². The third kappa shape index (κ3) is 3.57. The highest BCUT2D eigenvalue weighted by molar-refractivity contribution is 9.10. The van der Waals surface area contributed by atoms with Crippen LogP contribution in [0.25, 0.3) is 0 Å². The zero-order valence-corrected chi connectivity index (χ0v) is 12.4. The lowest BCUT2D eigenvalue weighted by atomic mass is 10.2. The molecule has 0 spiro atoms. The van der Waals surface area contributed by atoms with Gasteiger partial charge in [0.2, 0.25) is 11.7 Å². The first-order valence-electron chi connectivity index (χ1n) is 6.07. The Morgan fingerprint density at radius 2 is 2.30 bits per heavy atom. The van der Waals surface area contributed by atoms with Crippen LogP contribution >= 0.6 is 15.9 Å². The summed E-state index contributed by atoms with van der Waals surface area (Å²) in [7, 11) is 0.